The summed E-state index contributed by atoms with van der Waals surface area (Å²) in [5.41, 5.74) is 3.77. The second-order valence-corrected chi connectivity index (χ2v) is 12.8. The van der Waals surface area contributed by atoms with Gasteiger partial charge in [0.1, 0.15) is 23.2 Å². The fraction of sp³-hybridized carbons (Fsp3) is 0.281. The third-order valence-electron chi connectivity index (χ3n) is 6.74. The molecule has 1 aromatic heterocycles. The fourth-order valence-corrected chi connectivity index (χ4v) is 6.12. The van der Waals surface area contributed by atoms with Crippen LogP contribution in [0.15, 0.2) is 77.0 Å². The number of carbonyl (C=O) groups is 3. The van der Waals surface area contributed by atoms with E-state index in [4.69, 9.17) is 4.74 Å². The number of aryl methyl sites for hydroxylation is 1. The molecule has 1 N–H and O–H groups in total. The highest BCUT2D eigenvalue weighted by molar-refractivity contribution is 7.99. The molecule has 3 aromatic carbocycles. The van der Waals surface area contributed by atoms with Crippen LogP contribution >= 0.6 is 23.3 Å². The van der Waals surface area contributed by atoms with E-state index in [0.29, 0.717) is 23.4 Å². The molecule has 0 spiro atoms. The normalized spacial score (nSPS) is 15.0. The van der Waals surface area contributed by atoms with E-state index >= 15 is 0 Å². The molecule has 0 bridgehead atoms. The number of Topliss-reactive ketones (excluding diaryl/α,β-unsaturated/α-hetero) is 1. The zero-order chi connectivity index (χ0) is 30.6. The van der Waals surface area contributed by atoms with Crippen LogP contribution in [0.4, 0.5) is 14.9 Å². The van der Waals surface area contributed by atoms with Crippen LogP contribution in [0.2, 0.25) is 0 Å². The van der Waals surface area contributed by atoms with E-state index in [1.54, 1.807) is 49.9 Å². The molecule has 0 radical (unpaired) electrons. The van der Waals surface area contributed by atoms with Gasteiger partial charge in [0.25, 0.3) is 5.91 Å². The molecule has 5 rings (SSSR count). The first kappa shape index (κ1) is 30.4. The van der Waals surface area contributed by atoms with E-state index in [2.05, 4.69) is 14.9 Å². The maximum Gasteiger partial charge on any atom is 0.408 e. The molecule has 8 nitrogen and oxygen atoms in total. The van der Waals surface area contributed by atoms with Gasteiger partial charge in [0.2, 0.25) is 0 Å². The van der Waals surface area contributed by atoms with Gasteiger partial charge in [-0.25, -0.2) is 9.18 Å². The highest BCUT2D eigenvalue weighted by Crippen LogP contribution is 2.37. The lowest BCUT2D eigenvalue weighted by Gasteiger charge is -2.27. The Morgan fingerprint density at radius 1 is 1.05 bits per heavy atom. The number of benzene rings is 3. The van der Waals surface area contributed by atoms with Crippen LogP contribution in [0, 0.1) is 5.82 Å². The Labute approximate surface area is 257 Å². The Balaban J connectivity index is 1.41. The lowest BCUT2D eigenvalue weighted by Crippen LogP contribution is -2.50. The number of ether oxygens (including phenoxy) is 1. The monoisotopic (exact) mass is 618 g/mol. The molecule has 1 atom stereocenters. The second-order valence-electron chi connectivity index (χ2n) is 11.2. The molecule has 43 heavy (non-hydrogen) atoms. The molecule has 0 unspecified atom stereocenters. The van der Waals surface area contributed by atoms with Crippen LogP contribution in [-0.4, -0.2) is 44.8 Å². The summed E-state index contributed by atoms with van der Waals surface area (Å²) in [7, 11) is 0. The van der Waals surface area contributed by atoms with Gasteiger partial charge in [0.05, 0.1) is 12.2 Å². The third kappa shape index (κ3) is 7.85. The summed E-state index contributed by atoms with van der Waals surface area (Å²) < 4.78 is 22.6. The van der Waals surface area contributed by atoms with Gasteiger partial charge in [-0.15, -0.1) is 16.9 Å². The van der Waals surface area contributed by atoms with E-state index < -0.39 is 17.7 Å². The van der Waals surface area contributed by atoms with Crippen molar-refractivity contribution in [3.8, 4) is 11.3 Å². The molecule has 222 valence electrons. The van der Waals surface area contributed by atoms with Crippen LogP contribution in [0.5, 0.6) is 0 Å². The Morgan fingerprint density at radius 3 is 2.44 bits per heavy atom. The summed E-state index contributed by atoms with van der Waals surface area (Å²) in [4.78, 5) is 42.3. The SMILES string of the molecule is CC(C)(C)OC(=O)N[C@H]1CSc2ccc(C(=O)CCc3ccc(F)cc3)cc2N(Cc2ccc(-c3csnn3)cc2)C1=O. The molecular formula is C32H31FN4O4S2. The zero-order valence-corrected chi connectivity index (χ0v) is 25.6. The molecule has 1 aliphatic heterocycles. The first-order chi connectivity index (χ1) is 20.6. The highest BCUT2D eigenvalue weighted by atomic mass is 32.2. The molecule has 1 aliphatic rings. The van der Waals surface area contributed by atoms with Crippen molar-refractivity contribution in [2.75, 3.05) is 10.7 Å². The summed E-state index contributed by atoms with van der Waals surface area (Å²) >= 11 is 2.71. The smallest absolute Gasteiger partial charge is 0.408 e. The standard InChI is InChI=1S/C32H31FN4O4S2/c1-32(2,3)41-31(40)34-26-18-42-29-15-11-23(28(38)14-8-20-6-12-24(33)13-7-20)16-27(29)37(30(26)39)17-21-4-9-22(10-5-21)25-19-43-36-35-25/h4-7,9-13,15-16,19,26H,8,14,17-18H2,1-3H3,(H,34,40)/t26-/m0/s1. The van der Waals surface area contributed by atoms with Crippen molar-refractivity contribution in [1.82, 2.24) is 14.9 Å². The average Bonchev–Trinajstić information content (AvgIpc) is 3.48. The number of aromatic nitrogens is 2. The number of alkyl carbamates (subject to hydrolysis) is 1. The lowest BCUT2D eigenvalue weighted by atomic mass is 10.0. The van der Waals surface area contributed by atoms with Gasteiger partial charge in [-0.1, -0.05) is 47.0 Å². The summed E-state index contributed by atoms with van der Waals surface area (Å²) in [6, 6.07) is 18.3. The number of nitrogens with one attached hydrogen (secondary N) is 1. The van der Waals surface area contributed by atoms with Crippen LogP contribution in [-0.2, 0) is 22.5 Å². The number of rotatable bonds is 8. The number of hydrogen-bond acceptors (Lipinski definition) is 8. The third-order valence-corrected chi connectivity index (χ3v) is 8.40. The Bertz CT molecular complexity index is 1600. The molecule has 4 aromatic rings. The van der Waals surface area contributed by atoms with Crippen molar-refractivity contribution < 1.29 is 23.5 Å². The minimum atomic E-state index is -0.842. The van der Waals surface area contributed by atoms with Gasteiger partial charge in [-0.2, -0.15) is 0 Å². The van der Waals surface area contributed by atoms with E-state index in [0.717, 1.165) is 27.3 Å². The van der Waals surface area contributed by atoms with E-state index in [1.165, 1.54) is 35.4 Å². The summed E-state index contributed by atoms with van der Waals surface area (Å²) in [6.45, 7) is 5.51. The van der Waals surface area contributed by atoms with Gasteiger partial charge in [-0.3, -0.25) is 9.59 Å². The van der Waals surface area contributed by atoms with Crippen LogP contribution in [0.3, 0.4) is 0 Å². The summed E-state index contributed by atoms with van der Waals surface area (Å²) in [5, 5.41) is 8.72. The summed E-state index contributed by atoms with van der Waals surface area (Å²) in [5.74, 6) is -0.411. The fourth-order valence-electron chi connectivity index (χ4n) is 4.60. The van der Waals surface area contributed by atoms with Crippen molar-refractivity contribution in [3.05, 3.63) is 94.6 Å². The van der Waals surface area contributed by atoms with Crippen molar-refractivity contribution in [1.29, 1.82) is 0 Å². The number of ketones is 1. The highest BCUT2D eigenvalue weighted by Gasteiger charge is 2.33. The lowest BCUT2D eigenvalue weighted by molar-refractivity contribution is -0.120. The Hall–Kier alpha value is -4.09. The number of thioether (sulfide) groups is 1. The number of carbonyl (C=O) groups excluding carboxylic acids is 3. The summed E-state index contributed by atoms with van der Waals surface area (Å²) in [6.07, 6.45) is 0.0349. The molecule has 0 fully saturated rings. The number of amides is 2. The molecule has 2 heterocycles. The molecule has 2 amide bonds. The first-order valence-corrected chi connectivity index (χ1v) is 15.6. The maximum atomic E-state index is 14.0. The first-order valence-electron chi connectivity index (χ1n) is 13.8. The topological polar surface area (TPSA) is 101 Å². The van der Waals surface area contributed by atoms with Gasteiger partial charge in [0.15, 0.2) is 5.78 Å². The van der Waals surface area contributed by atoms with Crippen LogP contribution < -0.4 is 10.2 Å². The number of hydrogen-bond donors (Lipinski definition) is 1. The van der Waals surface area contributed by atoms with Gasteiger partial charge in [0, 0.05) is 33.6 Å². The Kier molecular flexibility index (Phi) is 9.22. The quantitative estimate of drug-likeness (QED) is 0.220. The van der Waals surface area contributed by atoms with Crippen LogP contribution in [0.25, 0.3) is 11.3 Å². The Morgan fingerprint density at radius 2 is 1.77 bits per heavy atom. The number of halogens is 1. The average molecular weight is 619 g/mol. The van der Waals surface area contributed by atoms with Gasteiger partial charge < -0.3 is 15.0 Å². The number of anilines is 1. The molecular weight excluding hydrogens is 588 g/mol. The predicted molar refractivity (Wildman–Crippen MR) is 166 cm³/mol. The van der Waals surface area contributed by atoms with Crippen molar-refractivity contribution in [2.24, 2.45) is 0 Å². The minimum absolute atomic E-state index is 0.0848. The number of nitrogens with zero attached hydrogens (tertiary/aromatic N) is 3. The number of fused-ring (bicyclic) bond motifs is 1. The van der Waals surface area contributed by atoms with E-state index in [9.17, 15) is 18.8 Å². The van der Waals surface area contributed by atoms with Gasteiger partial charge in [-0.05, 0) is 74.1 Å². The van der Waals surface area contributed by atoms with Crippen LogP contribution in [0.1, 0.15) is 48.7 Å². The van der Waals surface area contributed by atoms with Gasteiger partial charge >= 0.3 is 6.09 Å². The minimum Gasteiger partial charge on any atom is -0.444 e. The van der Waals surface area contributed by atoms with Crippen molar-refractivity contribution in [3.63, 3.8) is 0 Å². The largest absolute Gasteiger partial charge is 0.444 e. The maximum absolute atomic E-state index is 14.0. The molecule has 11 heteroatoms. The van der Waals surface area contributed by atoms with E-state index in [1.807, 2.05) is 35.7 Å². The molecule has 0 saturated heterocycles. The zero-order valence-electron chi connectivity index (χ0n) is 24.0. The predicted octanol–water partition coefficient (Wildman–Crippen LogP) is 6.69. The second kappa shape index (κ2) is 13.0. The van der Waals surface area contributed by atoms with Crippen molar-refractivity contribution in [2.45, 2.75) is 56.7 Å². The molecule has 0 aliphatic carbocycles. The van der Waals surface area contributed by atoms with E-state index in [-0.39, 0.29) is 30.5 Å². The van der Waals surface area contributed by atoms with Crippen molar-refractivity contribution >= 4 is 46.8 Å². The molecule has 0 saturated carbocycles.